The van der Waals surface area contributed by atoms with Crippen LogP contribution in [0, 0.1) is 0 Å². The van der Waals surface area contributed by atoms with Crippen LogP contribution < -0.4 is 9.80 Å². The fourth-order valence-corrected chi connectivity index (χ4v) is 8.76. The van der Waals surface area contributed by atoms with E-state index in [0.717, 1.165) is 89.1 Å². The van der Waals surface area contributed by atoms with Crippen molar-refractivity contribution in [3.8, 4) is 11.1 Å². The molecule has 0 radical (unpaired) electrons. The Balaban J connectivity index is 1.03. The molecule has 0 aliphatic carbocycles. The van der Waals surface area contributed by atoms with Crippen molar-refractivity contribution in [2.45, 2.75) is 52.4 Å². The van der Waals surface area contributed by atoms with Gasteiger partial charge in [-0.25, -0.2) is 0 Å². The molecule has 0 N–H and O–H groups in total. The molecule has 0 spiro atoms. The van der Waals surface area contributed by atoms with Crippen LogP contribution >= 0.6 is 0 Å². The van der Waals surface area contributed by atoms with E-state index in [2.05, 4.69) is 233 Å². The zero-order chi connectivity index (χ0) is 41.2. The van der Waals surface area contributed by atoms with Crippen molar-refractivity contribution in [3.63, 3.8) is 0 Å². The minimum Gasteiger partial charge on any atom is -0.454 e. The summed E-state index contributed by atoms with van der Waals surface area (Å²) >= 11 is 0. The molecule has 0 unspecified atom stereocenters. The Kier molecular flexibility index (Phi) is 8.91. The lowest BCUT2D eigenvalue weighted by Gasteiger charge is -2.26. The van der Waals surface area contributed by atoms with Crippen LogP contribution in [-0.2, 0) is 10.8 Å². The number of hydrogen-bond donors (Lipinski definition) is 0. The van der Waals surface area contributed by atoms with Crippen molar-refractivity contribution >= 4 is 78.0 Å². The molecular weight excluding hydrogens is 733 g/mol. The van der Waals surface area contributed by atoms with Gasteiger partial charge in [-0.15, -0.1) is 0 Å². The summed E-state index contributed by atoms with van der Waals surface area (Å²) in [6, 6.07) is 64.8. The number of fused-ring (bicyclic) bond motifs is 6. The van der Waals surface area contributed by atoms with Gasteiger partial charge in [-0.3, -0.25) is 0 Å². The summed E-state index contributed by atoms with van der Waals surface area (Å²) in [6.07, 6.45) is 0. The van der Waals surface area contributed by atoms with E-state index >= 15 is 0 Å². The number of hydrogen-bond acceptors (Lipinski definition) is 4. The van der Waals surface area contributed by atoms with E-state index in [1.165, 1.54) is 11.1 Å². The maximum absolute atomic E-state index is 6.86. The topological polar surface area (TPSA) is 32.8 Å². The summed E-state index contributed by atoms with van der Waals surface area (Å²) in [5.74, 6) is 0. The summed E-state index contributed by atoms with van der Waals surface area (Å²) in [4.78, 5) is 4.60. The van der Waals surface area contributed by atoms with Gasteiger partial charge in [0.25, 0.3) is 0 Å². The molecular formula is C56H48N2O2. The summed E-state index contributed by atoms with van der Waals surface area (Å²) in [7, 11) is 0. The first kappa shape index (κ1) is 37.2. The average molecular weight is 781 g/mol. The lowest BCUT2D eigenvalue weighted by molar-refractivity contribution is 0.572. The van der Waals surface area contributed by atoms with Crippen LogP contribution in [0.15, 0.2) is 191 Å². The SMILES string of the molecule is CC(C)(C)c1cccc2c1oc1c(N(c3ccccc3)c3ccc(-c4ccc(N(c5ccccc5)c5cccc6c5oc5c(C(C)(C)C)cccc56)cc4)cc3)cccc12. The first-order valence-electron chi connectivity index (χ1n) is 20.8. The molecule has 0 bridgehead atoms. The van der Waals surface area contributed by atoms with Gasteiger partial charge in [0.2, 0.25) is 0 Å². The lowest BCUT2D eigenvalue weighted by atomic mass is 9.86. The van der Waals surface area contributed by atoms with Gasteiger partial charge in [0.15, 0.2) is 11.2 Å². The largest absolute Gasteiger partial charge is 0.454 e. The summed E-state index contributed by atoms with van der Waals surface area (Å²) < 4.78 is 13.7. The van der Waals surface area contributed by atoms with Crippen LogP contribution in [-0.4, -0.2) is 0 Å². The second-order valence-corrected chi connectivity index (χ2v) is 17.8. The Morgan fingerprint density at radius 3 is 0.967 bits per heavy atom. The summed E-state index contributed by atoms with van der Waals surface area (Å²) in [5, 5.41) is 4.51. The highest BCUT2D eigenvalue weighted by Crippen LogP contribution is 2.46. The van der Waals surface area contributed by atoms with Crippen molar-refractivity contribution < 1.29 is 8.83 Å². The minimum atomic E-state index is -0.0560. The van der Waals surface area contributed by atoms with Gasteiger partial charge in [-0.05, 0) is 82.6 Å². The number of rotatable bonds is 7. The Morgan fingerprint density at radius 1 is 0.300 bits per heavy atom. The van der Waals surface area contributed by atoms with Gasteiger partial charge in [0.05, 0.1) is 11.4 Å². The van der Waals surface area contributed by atoms with Gasteiger partial charge < -0.3 is 18.6 Å². The smallest absolute Gasteiger partial charge is 0.159 e. The maximum Gasteiger partial charge on any atom is 0.159 e. The third kappa shape index (κ3) is 6.40. The molecule has 10 aromatic rings. The normalized spacial score (nSPS) is 12.2. The molecule has 294 valence electrons. The van der Waals surface area contributed by atoms with Crippen LogP contribution in [0.3, 0.4) is 0 Å². The van der Waals surface area contributed by atoms with E-state index in [9.17, 15) is 0 Å². The average Bonchev–Trinajstić information content (AvgIpc) is 3.84. The maximum atomic E-state index is 6.86. The highest BCUT2D eigenvalue weighted by atomic mass is 16.3. The first-order chi connectivity index (χ1) is 29.0. The molecule has 0 fully saturated rings. The van der Waals surface area contributed by atoms with Crippen LogP contribution in [0.2, 0.25) is 0 Å². The standard InChI is InChI=1S/C56H48N2O2/c1-55(2,3)47-25-13-21-43-45-23-15-27-49(53(45)59-51(43)47)57(39-17-9-7-10-18-39)41-33-29-37(30-34-41)38-31-35-42(36-32-38)58(40-19-11-8-12-20-40)50-28-16-24-46-44-22-14-26-48(56(4,5)6)52(44)60-54(46)50/h7-36H,1-6H3. The van der Waals surface area contributed by atoms with Crippen LogP contribution in [0.4, 0.5) is 34.1 Å². The zero-order valence-corrected chi connectivity index (χ0v) is 35.0. The van der Waals surface area contributed by atoms with E-state index in [4.69, 9.17) is 8.83 Å². The number of para-hydroxylation sites is 6. The van der Waals surface area contributed by atoms with Crippen LogP contribution in [0.1, 0.15) is 52.7 Å². The molecule has 60 heavy (non-hydrogen) atoms. The number of furan rings is 2. The fourth-order valence-electron chi connectivity index (χ4n) is 8.76. The molecule has 2 heterocycles. The molecule has 4 heteroatoms. The van der Waals surface area contributed by atoms with E-state index in [-0.39, 0.29) is 10.8 Å². The molecule has 0 aliphatic rings. The Hall–Kier alpha value is -7.04. The lowest BCUT2D eigenvalue weighted by Crippen LogP contribution is -2.11. The first-order valence-corrected chi connectivity index (χ1v) is 20.8. The third-order valence-corrected chi connectivity index (χ3v) is 11.7. The second kappa shape index (κ2) is 14.4. The molecule has 0 atom stereocenters. The fraction of sp³-hybridized carbons (Fsp3) is 0.143. The van der Waals surface area contributed by atoms with Gasteiger partial charge in [-0.1, -0.05) is 163 Å². The third-order valence-electron chi connectivity index (χ3n) is 11.7. The predicted molar refractivity (Wildman–Crippen MR) is 253 cm³/mol. The second-order valence-electron chi connectivity index (χ2n) is 17.8. The Bertz CT molecular complexity index is 2930. The summed E-state index contributed by atoms with van der Waals surface area (Å²) in [6.45, 7) is 13.4. The highest BCUT2D eigenvalue weighted by Gasteiger charge is 2.26. The van der Waals surface area contributed by atoms with Crippen molar-refractivity contribution in [1.82, 2.24) is 0 Å². The number of nitrogens with zero attached hydrogens (tertiary/aromatic N) is 2. The van der Waals surface area contributed by atoms with E-state index in [1.807, 2.05) is 0 Å². The highest BCUT2D eigenvalue weighted by molar-refractivity contribution is 6.12. The summed E-state index contributed by atoms with van der Waals surface area (Å²) in [5.41, 5.74) is 14.5. The number of anilines is 6. The van der Waals surface area contributed by atoms with Crippen molar-refractivity contribution in [2.24, 2.45) is 0 Å². The quantitative estimate of drug-likeness (QED) is 0.161. The zero-order valence-electron chi connectivity index (χ0n) is 35.0. The predicted octanol–water partition coefficient (Wildman–Crippen LogP) is 16.7. The minimum absolute atomic E-state index is 0.0560. The van der Waals surface area contributed by atoms with Gasteiger partial charge in [0, 0.05) is 55.4 Å². The van der Waals surface area contributed by atoms with Crippen molar-refractivity contribution in [3.05, 3.63) is 193 Å². The van der Waals surface area contributed by atoms with Crippen molar-refractivity contribution in [1.29, 1.82) is 0 Å². The molecule has 10 rings (SSSR count). The van der Waals surface area contributed by atoms with Crippen molar-refractivity contribution in [2.75, 3.05) is 9.80 Å². The Labute approximate surface area is 351 Å². The van der Waals surface area contributed by atoms with Gasteiger partial charge in [0.1, 0.15) is 11.2 Å². The van der Waals surface area contributed by atoms with Crippen LogP contribution in [0.25, 0.3) is 55.0 Å². The molecule has 0 amide bonds. The Morgan fingerprint density at radius 2 is 0.617 bits per heavy atom. The monoisotopic (exact) mass is 780 g/mol. The molecule has 2 aromatic heterocycles. The van der Waals surface area contributed by atoms with E-state index in [0.29, 0.717) is 0 Å². The van der Waals surface area contributed by atoms with E-state index in [1.54, 1.807) is 0 Å². The van der Waals surface area contributed by atoms with Gasteiger partial charge in [-0.2, -0.15) is 0 Å². The molecule has 0 saturated heterocycles. The molecule has 0 saturated carbocycles. The van der Waals surface area contributed by atoms with Crippen LogP contribution in [0.5, 0.6) is 0 Å². The van der Waals surface area contributed by atoms with Gasteiger partial charge >= 0.3 is 0 Å². The van der Waals surface area contributed by atoms with E-state index < -0.39 is 0 Å². The molecule has 4 nitrogen and oxygen atoms in total. The number of benzene rings is 8. The molecule has 8 aromatic carbocycles. The molecule has 0 aliphatic heterocycles.